The number of aromatic nitrogens is 1. The van der Waals surface area contributed by atoms with E-state index in [2.05, 4.69) is 16.7 Å². The lowest BCUT2D eigenvalue weighted by Gasteiger charge is -2.07. The summed E-state index contributed by atoms with van der Waals surface area (Å²) in [6.07, 6.45) is 2.05. The maximum absolute atomic E-state index is 9.23. The third-order valence-corrected chi connectivity index (χ3v) is 3.46. The van der Waals surface area contributed by atoms with Crippen LogP contribution in [0.5, 0.6) is 0 Å². The molecule has 0 fully saturated rings. The number of aliphatic hydroxyl groups is 1. The molecule has 0 saturated carbocycles. The first kappa shape index (κ1) is 12.5. The molecule has 0 unspecified atom stereocenters. The number of nitriles is 1. The molecular weight excluding hydrogens is 248 g/mol. The van der Waals surface area contributed by atoms with Crippen molar-refractivity contribution in [1.82, 2.24) is 4.57 Å². The number of fused-ring (bicyclic) bond motifs is 1. The molecule has 1 aromatic heterocycles. The standard InChI is InChI=1S/C17H14N2O/c18-10-13-1-3-14(4-2-13)11-19-8-7-16-6-5-15(12-20)9-17(16)19/h1-9,20H,11-12H2. The van der Waals surface area contributed by atoms with Crippen molar-refractivity contribution in [2.24, 2.45) is 0 Å². The number of hydrogen-bond acceptors (Lipinski definition) is 2. The summed E-state index contributed by atoms with van der Waals surface area (Å²) in [6, 6.07) is 17.8. The van der Waals surface area contributed by atoms with E-state index in [0.29, 0.717) is 5.56 Å². The Morgan fingerprint density at radius 1 is 1.00 bits per heavy atom. The van der Waals surface area contributed by atoms with Crippen LogP contribution in [0.15, 0.2) is 54.7 Å². The van der Waals surface area contributed by atoms with Gasteiger partial charge in [-0.2, -0.15) is 5.26 Å². The molecule has 0 saturated heterocycles. The highest BCUT2D eigenvalue weighted by Gasteiger charge is 2.03. The van der Waals surface area contributed by atoms with Crippen molar-refractivity contribution in [3.05, 3.63) is 71.4 Å². The monoisotopic (exact) mass is 262 g/mol. The second-order valence-electron chi connectivity index (χ2n) is 4.80. The predicted molar refractivity (Wildman–Crippen MR) is 78.1 cm³/mol. The average molecular weight is 262 g/mol. The van der Waals surface area contributed by atoms with Gasteiger partial charge >= 0.3 is 0 Å². The Kier molecular flexibility index (Phi) is 3.24. The molecule has 3 heteroatoms. The van der Waals surface area contributed by atoms with E-state index in [1.54, 1.807) is 0 Å². The molecule has 0 aliphatic carbocycles. The Morgan fingerprint density at radius 3 is 2.45 bits per heavy atom. The quantitative estimate of drug-likeness (QED) is 0.788. The summed E-state index contributed by atoms with van der Waals surface area (Å²) in [5, 5.41) is 19.2. The fraction of sp³-hybridized carbons (Fsp3) is 0.118. The van der Waals surface area contributed by atoms with Gasteiger partial charge in [-0.05, 0) is 40.8 Å². The Morgan fingerprint density at radius 2 is 1.75 bits per heavy atom. The zero-order valence-electron chi connectivity index (χ0n) is 11.0. The minimum absolute atomic E-state index is 0.0536. The van der Waals surface area contributed by atoms with E-state index in [1.165, 1.54) is 0 Å². The van der Waals surface area contributed by atoms with Crippen molar-refractivity contribution in [1.29, 1.82) is 5.26 Å². The van der Waals surface area contributed by atoms with Gasteiger partial charge in [0.2, 0.25) is 0 Å². The minimum Gasteiger partial charge on any atom is -0.392 e. The number of hydrogen-bond donors (Lipinski definition) is 1. The predicted octanol–water partition coefficient (Wildman–Crippen LogP) is 3.05. The number of aliphatic hydroxyl groups excluding tert-OH is 1. The Bertz CT molecular complexity index is 779. The van der Waals surface area contributed by atoms with Crippen LogP contribution in [-0.4, -0.2) is 9.67 Å². The van der Waals surface area contributed by atoms with Crippen LogP contribution in [0.2, 0.25) is 0 Å². The van der Waals surface area contributed by atoms with Gasteiger partial charge in [-0.25, -0.2) is 0 Å². The highest BCUT2D eigenvalue weighted by molar-refractivity contribution is 5.80. The molecule has 0 aliphatic heterocycles. The molecule has 0 amide bonds. The summed E-state index contributed by atoms with van der Waals surface area (Å²) in [6.45, 7) is 0.808. The van der Waals surface area contributed by atoms with E-state index in [-0.39, 0.29) is 6.61 Å². The van der Waals surface area contributed by atoms with Gasteiger partial charge in [0.05, 0.1) is 18.2 Å². The van der Waals surface area contributed by atoms with Gasteiger partial charge in [-0.3, -0.25) is 0 Å². The van der Waals surface area contributed by atoms with Gasteiger partial charge < -0.3 is 9.67 Å². The van der Waals surface area contributed by atoms with E-state index in [4.69, 9.17) is 5.26 Å². The van der Waals surface area contributed by atoms with Gasteiger partial charge in [0.15, 0.2) is 0 Å². The third kappa shape index (κ3) is 2.29. The Hall–Kier alpha value is -2.57. The average Bonchev–Trinajstić information content (AvgIpc) is 2.90. The largest absolute Gasteiger partial charge is 0.392 e. The van der Waals surface area contributed by atoms with Crippen LogP contribution in [0, 0.1) is 11.3 Å². The summed E-state index contributed by atoms with van der Waals surface area (Å²) in [5.74, 6) is 0. The van der Waals surface area contributed by atoms with Gasteiger partial charge in [0.25, 0.3) is 0 Å². The Balaban J connectivity index is 1.95. The normalized spacial score (nSPS) is 10.6. The van der Waals surface area contributed by atoms with Crippen LogP contribution < -0.4 is 0 Å². The molecule has 2 aromatic carbocycles. The first-order valence-electron chi connectivity index (χ1n) is 6.48. The first-order valence-corrected chi connectivity index (χ1v) is 6.48. The zero-order chi connectivity index (χ0) is 13.9. The fourth-order valence-electron chi connectivity index (χ4n) is 2.35. The summed E-state index contributed by atoms with van der Waals surface area (Å²) in [4.78, 5) is 0. The topological polar surface area (TPSA) is 49.0 Å². The molecule has 20 heavy (non-hydrogen) atoms. The van der Waals surface area contributed by atoms with Gasteiger partial charge in [0, 0.05) is 18.3 Å². The molecule has 3 nitrogen and oxygen atoms in total. The molecule has 0 radical (unpaired) electrons. The van der Waals surface area contributed by atoms with Crippen LogP contribution in [-0.2, 0) is 13.2 Å². The lowest BCUT2D eigenvalue weighted by molar-refractivity contribution is 0.282. The summed E-state index contributed by atoms with van der Waals surface area (Å²) in [7, 11) is 0. The van der Waals surface area contributed by atoms with Crippen LogP contribution in [0.25, 0.3) is 10.9 Å². The van der Waals surface area contributed by atoms with Crippen LogP contribution in [0.1, 0.15) is 16.7 Å². The second-order valence-corrected chi connectivity index (χ2v) is 4.80. The molecule has 98 valence electrons. The SMILES string of the molecule is N#Cc1ccc(Cn2ccc3ccc(CO)cc32)cc1. The van der Waals surface area contributed by atoms with Crippen molar-refractivity contribution >= 4 is 10.9 Å². The lowest BCUT2D eigenvalue weighted by atomic mass is 10.1. The molecular formula is C17H14N2O. The van der Waals surface area contributed by atoms with E-state index < -0.39 is 0 Å². The Labute approximate surface area is 117 Å². The molecule has 3 rings (SSSR count). The third-order valence-electron chi connectivity index (χ3n) is 3.46. The number of benzene rings is 2. The molecule has 0 spiro atoms. The summed E-state index contributed by atoms with van der Waals surface area (Å²) >= 11 is 0. The maximum atomic E-state index is 9.23. The highest BCUT2D eigenvalue weighted by Crippen LogP contribution is 2.19. The van der Waals surface area contributed by atoms with Crippen LogP contribution in [0.3, 0.4) is 0 Å². The van der Waals surface area contributed by atoms with E-state index in [0.717, 1.165) is 28.6 Å². The lowest BCUT2D eigenvalue weighted by Crippen LogP contribution is -1.98. The van der Waals surface area contributed by atoms with E-state index >= 15 is 0 Å². The van der Waals surface area contributed by atoms with Crippen molar-refractivity contribution < 1.29 is 5.11 Å². The van der Waals surface area contributed by atoms with E-state index in [1.807, 2.05) is 48.7 Å². The highest BCUT2D eigenvalue weighted by atomic mass is 16.3. The second kappa shape index (κ2) is 5.20. The summed E-state index contributed by atoms with van der Waals surface area (Å²) in [5.41, 5.74) is 3.85. The number of rotatable bonds is 3. The van der Waals surface area contributed by atoms with Gasteiger partial charge in [0.1, 0.15) is 0 Å². The molecule has 0 atom stereocenters. The zero-order valence-corrected chi connectivity index (χ0v) is 11.0. The van der Waals surface area contributed by atoms with Gasteiger partial charge in [-0.15, -0.1) is 0 Å². The number of nitrogens with zero attached hydrogens (tertiary/aromatic N) is 2. The molecule has 1 N–H and O–H groups in total. The molecule has 1 heterocycles. The van der Waals surface area contributed by atoms with Crippen molar-refractivity contribution in [3.63, 3.8) is 0 Å². The summed E-state index contributed by atoms with van der Waals surface area (Å²) < 4.78 is 2.15. The first-order chi connectivity index (χ1) is 9.80. The fourth-order valence-corrected chi connectivity index (χ4v) is 2.35. The van der Waals surface area contributed by atoms with Crippen LogP contribution in [0.4, 0.5) is 0 Å². The molecule has 0 bridgehead atoms. The maximum Gasteiger partial charge on any atom is 0.0991 e. The van der Waals surface area contributed by atoms with Gasteiger partial charge in [-0.1, -0.05) is 24.3 Å². The molecule has 3 aromatic rings. The van der Waals surface area contributed by atoms with Crippen molar-refractivity contribution in [2.45, 2.75) is 13.2 Å². The van der Waals surface area contributed by atoms with Crippen molar-refractivity contribution in [3.8, 4) is 6.07 Å². The van der Waals surface area contributed by atoms with E-state index in [9.17, 15) is 5.11 Å². The van der Waals surface area contributed by atoms with Crippen LogP contribution >= 0.6 is 0 Å². The smallest absolute Gasteiger partial charge is 0.0991 e. The molecule has 0 aliphatic rings. The van der Waals surface area contributed by atoms with Crippen molar-refractivity contribution in [2.75, 3.05) is 0 Å². The minimum atomic E-state index is 0.0536.